The molecule has 1 aromatic carbocycles. The first-order valence-corrected chi connectivity index (χ1v) is 8.69. The number of rotatable bonds is 4. The first-order chi connectivity index (χ1) is 12.1. The predicted octanol–water partition coefficient (Wildman–Crippen LogP) is 3.89. The zero-order valence-electron chi connectivity index (χ0n) is 14.1. The number of ether oxygens (including phenoxy) is 2. The molecule has 0 bridgehead atoms. The highest BCUT2D eigenvalue weighted by Crippen LogP contribution is 2.34. The Morgan fingerprint density at radius 2 is 1.77 bits per heavy atom. The first kappa shape index (κ1) is 18.8. The fraction of sp³-hybridized carbons (Fsp3) is 0.312. The van der Waals surface area contributed by atoms with Gasteiger partial charge >= 0.3 is 6.18 Å². The number of aromatic nitrogens is 2. The van der Waals surface area contributed by atoms with Crippen LogP contribution in [0.25, 0.3) is 0 Å². The first-order valence-electron chi connectivity index (χ1n) is 7.61. The van der Waals surface area contributed by atoms with E-state index >= 15 is 0 Å². The van der Waals surface area contributed by atoms with Crippen molar-refractivity contribution in [3.63, 3.8) is 0 Å². The van der Waals surface area contributed by atoms with E-state index in [2.05, 4.69) is 33.1 Å². The Balaban J connectivity index is 1.81. The molecule has 0 spiro atoms. The number of nitrogens with zero attached hydrogens (tertiary/aromatic N) is 3. The average Bonchev–Trinajstić information content (AvgIpc) is 3.00. The molecule has 0 saturated carbocycles. The molecule has 0 amide bonds. The van der Waals surface area contributed by atoms with Crippen LogP contribution in [0.3, 0.4) is 0 Å². The van der Waals surface area contributed by atoms with Gasteiger partial charge in [-0.25, -0.2) is 5.43 Å². The lowest BCUT2D eigenvalue weighted by atomic mass is 10.3. The zero-order valence-corrected chi connectivity index (χ0v) is 16.3. The Kier molecular flexibility index (Phi) is 5.06. The van der Waals surface area contributed by atoms with Gasteiger partial charge in [0.2, 0.25) is 11.8 Å². The van der Waals surface area contributed by atoms with Gasteiger partial charge < -0.3 is 9.47 Å². The maximum absolute atomic E-state index is 12.9. The van der Waals surface area contributed by atoms with Crippen molar-refractivity contribution in [3.05, 3.63) is 45.5 Å². The lowest BCUT2D eigenvalue weighted by Gasteiger charge is -2.17. The van der Waals surface area contributed by atoms with Gasteiger partial charge in [0.15, 0.2) is 0 Å². The number of alkyl halides is 3. The van der Waals surface area contributed by atoms with Crippen molar-refractivity contribution in [2.45, 2.75) is 19.1 Å². The van der Waals surface area contributed by atoms with Gasteiger partial charge in [-0.2, -0.15) is 13.2 Å². The van der Waals surface area contributed by atoms with E-state index in [0.717, 1.165) is 14.3 Å². The molecule has 1 aromatic heterocycles. The molecule has 2 heterocycles. The van der Waals surface area contributed by atoms with Crippen LogP contribution in [-0.4, -0.2) is 27.9 Å². The smallest absolute Gasteiger partial charge is 0.433 e. The van der Waals surface area contributed by atoms with Crippen LogP contribution >= 0.6 is 22.6 Å². The van der Waals surface area contributed by atoms with Crippen LogP contribution in [0.5, 0.6) is 17.4 Å². The molecular weight excluding hydrogens is 464 g/mol. The number of hydrogen-bond acceptors (Lipinski definition) is 5. The van der Waals surface area contributed by atoms with Gasteiger partial charge in [-0.3, -0.25) is 9.69 Å². The zero-order chi connectivity index (χ0) is 19.1. The highest BCUT2D eigenvalue weighted by Gasteiger charge is 2.35. The van der Waals surface area contributed by atoms with Gasteiger partial charge in [0, 0.05) is 35.8 Å². The van der Waals surface area contributed by atoms with E-state index < -0.39 is 11.9 Å². The normalized spacial score (nSPS) is 17.4. The molecule has 2 aromatic rings. The highest BCUT2D eigenvalue weighted by atomic mass is 127. The van der Waals surface area contributed by atoms with Crippen molar-refractivity contribution < 1.29 is 22.6 Å². The SMILES string of the molecule is CC1C=C(Oc2cc(I)cc(Oc3cc(C(F)(F)F)n(C)n3)c2)N(C)N1. The highest BCUT2D eigenvalue weighted by molar-refractivity contribution is 14.1. The Hall–Kier alpha value is -1.95. The fourth-order valence-corrected chi connectivity index (χ4v) is 3.10. The minimum Gasteiger partial charge on any atom is -0.440 e. The number of halogens is 4. The quantitative estimate of drug-likeness (QED) is 0.674. The molecule has 3 rings (SSSR count). The molecule has 1 atom stereocenters. The van der Waals surface area contributed by atoms with Crippen molar-refractivity contribution >= 4 is 22.6 Å². The van der Waals surface area contributed by atoms with E-state index in [1.165, 1.54) is 7.05 Å². The van der Waals surface area contributed by atoms with Gasteiger partial charge in [-0.1, -0.05) is 0 Å². The lowest BCUT2D eigenvalue weighted by Crippen LogP contribution is -2.33. The summed E-state index contributed by atoms with van der Waals surface area (Å²) in [5.74, 6) is 1.33. The average molecular weight is 480 g/mol. The molecule has 1 unspecified atom stereocenters. The van der Waals surface area contributed by atoms with E-state index in [4.69, 9.17) is 9.47 Å². The molecule has 140 valence electrons. The second-order valence-electron chi connectivity index (χ2n) is 5.80. The number of aryl methyl sites for hydroxylation is 1. The third kappa shape index (κ3) is 4.23. The van der Waals surface area contributed by atoms with Gasteiger partial charge in [0.1, 0.15) is 17.2 Å². The van der Waals surface area contributed by atoms with Gasteiger partial charge in [-0.15, -0.1) is 5.10 Å². The molecule has 1 aliphatic heterocycles. The van der Waals surface area contributed by atoms with E-state index in [1.54, 1.807) is 23.2 Å². The van der Waals surface area contributed by atoms with E-state index in [1.807, 2.05) is 20.0 Å². The topological polar surface area (TPSA) is 51.6 Å². The second-order valence-corrected chi connectivity index (χ2v) is 7.04. The van der Waals surface area contributed by atoms with Crippen molar-refractivity contribution in [1.29, 1.82) is 0 Å². The molecular formula is C16H16F3IN4O2. The number of benzene rings is 1. The molecule has 10 heteroatoms. The Labute approximate surface area is 161 Å². The minimum atomic E-state index is -4.49. The third-order valence-corrected chi connectivity index (χ3v) is 4.18. The van der Waals surface area contributed by atoms with Crippen LogP contribution < -0.4 is 14.9 Å². The van der Waals surface area contributed by atoms with Gasteiger partial charge in [0.25, 0.3) is 0 Å². The van der Waals surface area contributed by atoms with E-state index in [0.29, 0.717) is 17.4 Å². The van der Waals surface area contributed by atoms with Crippen LogP contribution in [0.4, 0.5) is 13.2 Å². The van der Waals surface area contributed by atoms with E-state index in [-0.39, 0.29) is 11.9 Å². The minimum absolute atomic E-state index is 0.139. The lowest BCUT2D eigenvalue weighted by molar-refractivity contribution is -0.143. The van der Waals surface area contributed by atoms with Crippen molar-refractivity contribution in [2.75, 3.05) is 7.05 Å². The molecule has 6 nitrogen and oxygen atoms in total. The third-order valence-electron chi connectivity index (χ3n) is 3.56. The number of nitrogens with one attached hydrogen (secondary N) is 1. The summed E-state index contributed by atoms with van der Waals surface area (Å²) in [5.41, 5.74) is 2.26. The summed E-state index contributed by atoms with van der Waals surface area (Å²) in [6.45, 7) is 1.98. The summed E-state index contributed by atoms with van der Waals surface area (Å²) in [4.78, 5) is 0. The monoisotopic (exact) mass is 480 g/mol. The molecule has 0 saturated heterocycles. The van der Waals surface area contributed by atoms with Gasteiger partial charge in [-0.05, 0) is 47.7 Å². The molecule has 1 N–H and O–H groups in total. The standard InChI is InChI=1S/C16H16F3IN4O2/c1-9-4-15(24(3)21-9)26-12-6-10(20)5-11(7-12)25-14-8-13(16(17,18)19)23(2)22-14/h4-9,21H,1-3H3. The summed E-state index contributed by atoms with van der Waals surface area (Å²) in [6, 6.07) is 6.08. The summed E-state index contributed by atoms with van der Waals surface area (Å²) < 4.78 is 51.5. The molecule has 1 aliphatic rings. The van der Waals surface area contributed by atoms with Gasteiger partial charge in [0.05, 0.1) is 0 Å². The Morgan fingerprint density at radius 1 is 1.12 bits per heavy atom. The molecule has 0 aliphatic carbocycles. The van der Waals surface area contributed by atoms with Crippen LogP contribution in [-0.2, 0) is 13.2 Å². The van der Waals surface area contributed by atoms with Crippen molar-refractivity contribution in [1.82, 2.24) is 20.2 Å². The van der Waals surface area contributed by atoms with Crippen LogP contribution in [0.2, 0.25) is 0 Å². The number of hydrazine groups is 1. The fourth-order valence-electron chi connectivity index (χ4n) is 2.49. The summed E-state index contributed by atoms with van der Waals surface area (Å²) in [6.07, 6.45) is -2.58. The maximum atomic E-state index is 12.9. The van der Waals surface area contributed by atoms with Crippen LogP contribution in [0, 0.1) is 3.57 Å². The Morgan fingerprint density at radius 3 is 2.31 bits per heavy atom. The van der Waals surface area contributed by atoms with Crippen LogP contribution in [0.1, 0.15) is 12.6 Å². The summed E-state index contributed by atoms with van der Waals surface area (Å²) in [7, 11) is 3.04. The molecule has 0 fully saturated rings. The largest absolute Gasteiger partial charge is 0.440 e. The Bertz CT molecular complexity index is 851. The predicted molar refractivity (Wildman–Crippen MR) is 96.5 cm³/mol. The summed E-state index contributed by atoms with van der Waals surface area (Å²) >= 11 is 2.08. The van der Waals surface area contributed by atoms with E-state index in [9.17, 15) is 13.2 Å². The van der Waals surface area contributed by atoms with Crippen molar-refractivity contribution in [3.8, 4) is 17.4 Å². The van der Waals surface area contributed by atoms with Crippen molar-refractivity contribution in [2.24, 2.45) is 7.05 Å². The number of hydrogen-bond donors (Lipinski definition) is 1. The van der Waals surface area contributed by atoms with Crippen LogP contribution in [0.15, 0.2) is 36.2 Å². The maximum Gasteiger partial charge on any atom is 0.433 e. The second kappa shape index (κ2) is 6.99. The summed E-state index contributed by atoms with van der Waals surface area (Å²) in [5, 5.41) is 5.51. The molecule has 26 heavy (non-hydrogen) atoms. The molecule has 0 radical (unpaired) electrons.